The fraction of sp³-hybridized carbons (Fsp3) is 0.265. The van der Waals surface area contributed by atoms with E-state index in [9.17, 15) is 18.8 Å². The zero-order valence-corrected chi connectivity index (χ0v) is 39.3. The molecule has 0 aliphatic carbocycles. The van der Waals surface area contributed by atoms with Crippen LogP contribution in [0.15, 0.2) is 122 Å². The van der Waals surface area contributed by atoms with Crippen LogP contribution in [-0.2, 0) is 16.2 Å². The molecule has 0 aliphatic heterocycles. The molecular weight excluding hydrogens is 853 g/mol. The van der Waals surface area contributed by atoms with Gasteiger partial charge in [0.2, 0.25) is 0 Å². The van der Waals surface area contributed by atoms with Crippen LogP contribution in [0.5, 0.6) is 0 Å². The van der Waals surface area contributed by atoms with Crippen LogP contribution < -0.4 is 31.9 Å². The molecule has 0 atom stereocenters. The first-order chi connectivity index (χ1) is 30.0. The summed E-state index contributed by atoms with van der Waals surface area (Å²) in [7, 11) is 0. The third-order valence-electron chi connectivity index (χ3n) is 9.21. The van der Waals surface area contributed by atoms with Gasteiger partial charge in [-0.2, -0.15) is 0 Å². The van der Waals surface area contributed by atoms with Crippen LogP contribution in [0, 0.1) is 12.7 Å². The zero-order valence-electron chi connectivity index (χ0n) is 37.7. The second kappa shape index (κ2) is 22.2. The third kappa shape index (κ3) is 16.6. The average Bonchev–Trinajstić information content (AvgIpc) is 3.21. The van der Waals surface area contributed by atoms with E-state index < -0.39 is 12.1 Å². The van der Waals surface area contributed by atoms with Crippen LogP contribution in [0.3, 0.4) is 0 Å². The van der Waals surface area contributed by atoms with Crippen molar-refractivity contribution in [3.05, 3.63) is 160 Å². The van der Waals surface area contributed by atoms with Gasteiger partial charge in [-0.3, -0.25) is 16.0 Å². The Hall–Kier alpha value is -6.57. The topological polar surface area (TPSA) is 162 Å². The molecule has 336 valence electrons. The van der Waals surface area contributed by atoms with Crippen molar-refractivity contribution in [3.8, 4) is 0 Å². The number of pyridine rings is 3. The predicted molar refractivity (Wildman–Crippen MR) is 261 cm³/mol. The number of benzene rings is 3. The second-order valence-electron chi connectivity index (χ2n) is 17.8. The molecule has 6 rings (SSSR count). The lowest BCUT2D eigenvalue weighted by Crippen LogP contribution is -2.21. The number of nitrogens with zero attached hydrogens (tertiary/aromatic N) is 3. The summed E-state index contributed by atoms with van der Waals surface area (Å²) >= 11 is 11.9. The van der Waals surface area contributed by atoms with Gasteiger partial charge in [-0.1, -0.05) is 109 Å². The molecule has 64 heavy (non-hydrogen) atoms. The van der Waals surface area contributed by atoms with Crippen LogP contribution in [0.2, 0.25) is 10.0 Å². The highest BCUT2D eigenvalue weighted by Gasteiger charge is 2.17. The summed E-state index contributed by atoms with van der Waals surface area (Å²) in [6.07, 6.45) is 5.04. The van der Waals surface area contributed by atoms with E-state index in [-0.39, 0.29) is 28.1 Å². The number of halogens is 3. The lowest BCUT2D eigenvalue weighted by atomic mass is 9.88. The van der Waals surface area contributed by atoms with E-state index in [1.165, 1.54) is 24.3 Å². The molecule has 0 aliphatic rings. The summed E-state index contributed by atoms with van der Waals surface area (Å²) in [5.41, 5.74) is 6.13. The standard InChI is InChI=1S/C17H21N3O.C16H17Cl2N3O.C16H18FN3O/c1-12-5-7-14(8-6-12)19-16(21)20-15-11-13(9-10-18-15)17(2,3)4;1-16(2,3)10-7-8-19-13(9-10)21-15(22)20-12-6-4-5-11(17)14(12)18;1-16(2,3)11-8-9-18-14(10-11)20-15(21)19-13-6-4-12(17)5-7-13/h5-11H,1-4H3,(H2,18,19,20,21);4-9H,1-3H3,(H2,19,20,21,22);4-10H,1-3H3,(H2,18,19,20,21). The molecule has 6 amide bonds. The maximum absolute atomic E-state index is 12.8. The summed E-state index contributed by atoms with van der Waals surface area (Å²) in [4.78, 5) is 48.3. The molecule has 15 heteroatoms. The van der Waals surface area contributed by atoms with Gasteiger partial charge in [0.05, 0.1) is 15.7 Å². The Bertz CT molecular complexity index is 2400. The number of aromatic nitrogens is 3. The minimum Gasteiger partial charge on any atom is -0.308 e. The molecule has 12 nitrogen and oxygen atoms in total. The zero-order chi connectivity index (χ0) is 47.2. The molecule has 0 spiro atoms. The monoisotopic (exact) mass is 907 g/mol. The quantitative estimate of drug-likeness (QED) is 0.0975. The molecule has 0 unspecified atom stereocenters. The average molecular weight is 909 g/mol. The number of hydrogen-bond acceptors (Lipinski definition) is 6. The van der Waals surface area contributed by atoms with Gasteiger partial charge in [-0.25, -0.2) is 33.7 Å². The van der Waals surface area contributed by atoms with Crippen molar-refractivity contribution in [1.82, 2.24) is 15.0 Å². The van der Waals surface area contributed by atoms with Crippen LogP contribution in [0.25, 0.3) is 0 Å². The van der Waals surface area contributed by atoms with Crippen molar-refractivity contribution < 1.29 is 18.8 Å². The number of aryl methyl sites for hydroxylation is 1. The van der Waals surface area contributed by atoms with E-state index in [1.807, 2.05) is 67.6 Å². The number of rotatable bonds is 6. The lowest BCUT2D eigenvalue weighted by Gasteiger charge is -2.19. The van der Waals surface area contributed by atoms with Gasteiger partial charge >= 0.3 is 18.1 Å². The van der Waals surface area contributed by atoms with Crippen molar-refractivity contribution >= 4 is 75.8 Å². The first kappa shape index (κ1) is 50.1. The minimum absolute atomic E-state index is 0.0206. The smallest absolute Gasteiger partial charge is 0.308 e. The lowest BCUT2D eigenvalue weighted by molar-refractivity contribution is 0.261. The van der Waals surface area contributed by atoms with Crippen molar-refractivity contribution in [3.63, 3.8) is 0 Å². The Balaban J connectivity index is 0.000000210. The normalized spacial score (nSPS) is 11.1. The van der Waals surface area contributed by atoms with Gasteiger partial charge in [0.25, 0.3) is 0 Å². The van der Waals surface area contributed by atoms with E-state index in [0.29, 0.717) is 38.9 Å². The molecule has 0 bridgehead atoms. The van der Waals surface area contributed by atoms with Gasteiger partial charge in [-0.15, -0.1) is 0 Å². The summed E-state index contributed by atoms with van der Waals surface area (Å²) in [6.45, 7) is 20.9. The molecule has 6 aromatic rings. The molecule has 3 heterocycles. The molecule has 0 radical (unpaired) electrons. The van der Waals surface area contributed by atoms with E-state index in [1.54, 1.807) is 36.8 Å². The molecule has 3 aromatic heterocycles. The Kier molecular flexibility index (Phi) is 17.3. The van der Waals surface area contributed by atoms with E-state index >= 15 is 0 Å². The number of anilines is 6. The van der Waals surface area contributed by atoms with Crippen molar-refractivity contribution in [2.24, 2.45) is 0 Å². The van der Waals surface area contributed by atoms with Crippen molar-refractivity contribution in [1.29, 1.82) is 0 Å². The first-order valence-corrected chi connectivity index (χ1v) is 21.1. The third-order valence-corrected chi connectivity index (χ3v) is 10.0. The van der Waals surface area contributed by atoms with Crippen LogP contribution in [0.1, 0.15) is 84.6 Å². The van der Waals surface area contributed by atoms with Gasteiger partial charge in [-0.05, 0) is 125 Å². The van der Waals surface area contributed by atoms with Gasteiger partial charge in [0.1, 0.15) is 23.3 Å². The molecule has 0 saturated heterocycles. The van der Waals surface area contributed by atoms with E-state index in [2.05, 4.69) is 109 Å². The maximum atomic E-state index is 12.8. The number of amides is 6. The first-order valence-electron chi connectivity index (χ1n) is 20.4. The maximum Gasteiger partial charge on any atom is 0.324 e. The van der Waals surface area contributed by atoms with Crippen LogP contribution in [-0.4, -0.2) is 33.0 Å². The summed E-state index contributed by atoms with van der Waals surface area (Å²) < 4.78 is 12.8. The fourth-order valence-corrected chi connectivity index (χ4v) is 5.84. The van der Waals surface area contributed by atoms with E-state index in [0.717, 1.165) is 27.9 Å². The summed E-state index contributed by atoms with van der Waals surface area (Å²) in [6, 6.07) is 28.5. The second-order valence-corrected chi connectivity index (χ2v) is 18.5. The molecule has 0 fully saturated rings. The number of urea groups is 3. The highest BCUT2D eigenvalue weighted by molar-refractivity contribution is 6.44. The van der Waals surface area contributed by atoms with Gasteiger partial charge < -0.3 is 16.0 Å². The van der Waals surface area contributed by atoms with Gasteiger partial charge in [0, 0.05) is 30.0 Å². The highest BCUT2D eigenvalue weighted by Crippen LogP contribution is 2.30. The summed E-state index contributed by atoms with van der Waals surface area (Å²) in [5.74, 6) is 1.15. The van der Waals surface area contributed by atoms with Crippen LogP contribution >= 0.6 is 23.2 Å². The molecular formula is C49H56Cl2FN9O3. The number of hydrogen-bond donors (Lipinski definition) is 6. The number of nitrogens with one attached hydrogen (secondary N) is 6. The predicted octanol–water partition coefficient (Wildman–Crippen LogP) is 13.8. The van der Waals surface area contributed by atoms with E-state index in [4.69, 9.17) is 23.2 Å². The van der Waals surface area contributed by atoms with Crippen molar-refractivity contribution in [2.45, 2.75) is 85.5 Å². The molecule has 6 N–H and O–H groups in total. The Labute approximate surface area is 385 Å². The molecule has 3 aromatic carbocycles. The Morgan fingerprint density at radius 3 is 1.22 bits per heavy atom. The van der Waals surface area contributed by atoms with Crippen LogP contribution in [0.4, 0.5) is 53.3 Å². The minimum atomic E-state index is -0.428. The SMILES string of the molecule is CC(C)(C)c1ccnc(NC(=O)Nc2ccc(F)cc2)c1.CC(C)(C)c1ccnc(NC(=O)Nc2cccc(Cl)c2Cl)c1.Cc1ccc(NC(=O)Nc2cc(C(C)(C)C)ccn2)cc1. The largest absolute Gasteiger partial charge is 0.324 e. The Morgan fingerprint density at radius 1 is 0.484 bits per heavy atom. The molecule has 0 saturated carbocycles. The van der Waals surface area contributed by atoms with Crippen molar-refractivity contribution in [2.75, 3.05) is 31.9 Å². The number of carbonyl (C=O) groups excluding carboxylic acids is 3. The summed E-state index contributed by atoms with van der Waals surface area (Å²) in [5, 5.41) is 16.8. The number of carbonyl (C=O) groups is 3. The highest BCUT2D eigenvalue weighted by atomic mass is 35.5. The fourth-order valence-electron chi connectivity index (χ4n) is 5.49. The van der Waals surface area contributed by atoms with Gasteiger partial charge in [0.15, 0.2) is 0 Å². The Morgan fingerprint density at radius 2 is 0.844 bits per heavy atom.